The van der Waals surface area contributed by atoms with Crippen molar-refractivity contribution in [2.24, 2.45) is 0 Å². The molecule has 5 nitrogen and oxygen atoms in total. The molecule has 1 N–H and O–H groups in total. The zero-order valence-electron chi connectivity index (χ0n) is 17.5. The van der Waals surface area contributed by atoms with Crippen LogP contribution >= 0.6 is 11.6 Å². The smallest absolute Gasteiger partial charge is 0.228 e. The number of benzene rings is 3. The molecule has 0 saturated carbocycles. The highest BCUT2D eigenvalue weighted by atomic mass is 35.5. The fourth-order valence-corrected chi connectivity index (χ4v) is 4.15. The van der Waals surface area contributed by atoms with Gasteiger partial charge in [-0.3, -0.25) is 0 Å². The molecule has 0 atom stereocenters. The second kappa shape index (κ2) is 9.01. The summed E-state index contributed by atoms with van der Waals surface area (Å²) in [5.41, 5.74) is 3.03. The van der Waals surface area contributed by atoms with Gasteiger partial charge < -0.3 is 15.1 Å². The Hall–Kier alpha value is -3.38. The molecule has 0 amide bonds. The lowest BCUT2D eigenvalue weighted by Crippen LogP contribution is -2.47. The molecule has 32 heavy (non-hydrogen) atoms. The summed E-state index contributed by atoms with van der Waals surface area (Å²) in [6, 6.07) is 22.5. The third-order valence-electron chi connectivity index (χ3n) is 5.70. The number of aromatic nitrogens is 2. The minimum atomic E-state index is -0.236. The Morgan fingerprint density at radius 3 is 2.38 bits per heavy atom. The van der Waals surface area contributed by atoms with E-state index in [1.54, 1.807) is 12.1 Å². The molecule has 3 aromatic carbocycles. The third kappa shape index (κ3) is 4.46. The lowest BCUT2D eigenvalue weighted by Gasteiger charge is -2.36. The van der Waals surface area contributed by atoms with Crippen molar-refractivity contribution in [2.75, 3.05) is 41.3 Å². The van der Waals surface area contributed by atoms with Crippen LogP contribution in [0.15, 0.2) is 72.8 Å². The van der Waals surface area contributed by atoms with Crippen molar-refractivity contribution in [3.63, 3.8) is 0 Å². The molecule has 1 aliphatic rings. The molecule has 0 spiro atoms. The van der Waals surface area contributed by atoms with Crippen LogP contribution in [0.3, 0.4) is 0 Å². The average Bonchev–Trinajstić information content (AvgIpc) is 2.83. The van der Waals surface area contributed by atoms with Crippen molar-refractivity contribution in [1.82, 2.24) is 9.97 Å². The van der Waals surface area contributed by atoms with E-state index in [4.69, 9.17) is 21.6 Å². The van der Waals surface area contributed by atoms with Gasteiger partial charge in [0.1, 0.15) is 11.6 Å². The number of para-hydroxylation sites is 1. The van der Waals surface area contributed by atoms with E-state index in [2.05, 4.69) is 21.2 Å². The van der Waals surface area contributed by atoms with E-state index in [1.165, 1.54) is 12.1 Å². The summed E-state index contributed by atoms with van der Waals surface area (Å²) in [5, 5.41) is 5.14. The first-order chi connectivity index (χ1) is 15.7. The SMILES string of the molecule is Fc1ccc(CNc2nc(N3CCN(c4cccc(Cl)c4)CC3)nc3ccccc23)cc1. The van der Waals surface area contributed by atoms with Gasteiger partial charge in [0.15, 0.2) is 0 Å². The summed E-state index contributed by atoms with van der Waals surface area (Å²) in [7, 11) is 0. The summed E-state index contributed by atoms with van der Waals surface area (Å²) < 4.78 is 13.2. The maximum Gasteiger partial charge on any atom is 0.228 e. The monoisotopic (exact) mass is 447 g/mol. The van der Waals surface area contributed by atoms with Crippen LogP contribution in [-0.4, -0.2) is 36.1 Å². The number of fused-ring (bicyclic) bond motifs is 1. The fourth-order valence-electron chi connectivity index (χ4n) is 3.97. The fraction of sp³-hybridized carbons (Fsp3) is 0.200. The molecule has 2 heterocycles. The number of nitrogens with zero attached hydrogens (tertiary/aromatic N) is 4. The molecule has 4 aromatic rings. The van der Waals surface area contributed by atoms with Gasteiger partial charge in [-0.05, 0) is 48.0 Å². The lowest BCUT2D eigenvalue weighted by atomic mass is 10.2. The molecule has 1 saturated heterocycles. The summed E-state index contributed by atoms with van der Waals surface area (Å²) >= 11 is 6.16. The molecule has 0 radical (unpaired) electrons. The predicted molar refractivity (Wildman–Crippen MR) is 129 cm³/mol. The number of hydrogen-bond donors (Lipinski definition) is 1. The van der Waals surface area contributed by atoms with Crippen LogP contribution in [0.25, 0.3) is 10.9 Å². The molecule has 5 rings (SSSR count). The van der Waals surface area contributed by atoms with E-state index < -0.39 is 0 Å². The Morgan fingerprint density at radius 2 is 1.59 bits per heavy atom. The van der Waals surface area contributed by atoms with Crippen LogP contribution in [0.2, 0.25) is 5.02 Å². The number of anilines is 3. The number of nitrogens with one attached hydrogen (secondary N) is 1. The van der Waals surface area contributed by atoms with Crippen LogP contribution < -0.4 is 15.1 Å². The second-order valence-electron chi connectivity index (χ2n) is 7.82. The summed E-state index contributed by atoms with van der Waals surface area (Å²) in [6.45, 7) is 3.94. The van der Waals surface area contributed by atoms with Crippen LogP contribution in [0, 0.1) is 5.82 Å². The molecular weight excluding hydrogens is 425 g/mol. The Morgan fingerprint density at radius 1 is 0.844 bits per heavy atom. The minimum Gasteiger partial charge on any atom is -0.368 e. The molecule has 1 aromatic heterocycles. The van der Waals surface area contributed by atoms with Crippen LogP contribution in [-0.2, 0) is 6.54 Å². The van der Waals surface area contributed by atoms with Crippen LogP contribution in [0.4, 0.5) is 21.8 Å². The van der Waals surface area contributed by atoms with E-state index in [0.717, 1.165) is 65.1 Å². The molecule has 1 fully saturated rings. The molecular formula is C25H23ClFN5. The first-order valence-electron chi connectivity index (χ1n) is 10.7. The van der Waals surface area contributed by atoms with E-state index in [1.807, 2.05) is 42.5 Å². The van der Waals surface area contributed by atoms with Crippen molar-refractivity contribution in [3.8, 4) is 0 Å². The van der Waals surface area contributed by atoms with Crippen molar-refractivity contribution in [2.45, 2.75) is 6.54 Å². The molecule has 0 bridgehead atoms. The van der Waals surface area contributed by atoms with Gasteiger partial charge in [0.25, 0.3) is 0 Å². The summed E-state index contributed by atoms with van der Waals surface area (Å²) in [5.74, 6) is 1.27. The lowest BCUT2D eigenvalue weighted by molar-refractivity contribution is 0.627. The van der Waals surface area contributed by atoms with Gasteiger partial charge in [-0.15, -0.1) is 0 Å². The highest BCUT2D eigenvalue weighted by molar-refractivity contribution is 6.30. The average molecular weight is 448 g/mol. The molecule has 0 unspecified atom stereocenters. The molecule has 1 aliphatic heterocycles. The van der Waals surface area contributed by atoms with Gasteiger partial charge in [0, 0.05) is 48.8 Å². The maximum atomic E-state index is 13.2. The Labute approximate surface area is 191 Å². The van der Waals surface area contributed by atoms with E-state index >= 15 is 0 Å². The summed E-state index contributed by atoms with van der Waals surface area (Å²) in [6.07, 6.45) is 0. The third-order valence-corrected chi connectivity index (χ3v) is 5.94. The quantitative estimate of drug-likeness (QED) is 0.446. The number of hydrogen-bond acceptors (Lipinski definition) is 5. The zero-order chi connectivity index (χ0) is 21.9. The Balaban J connectivity index is 1.35. The minimum absolute atomic E-state index is 0.236. The Kier molecular flexibility index (Phi) is 5.77. The number of piperazine rings is 1. The van der Waals surface area contributed by atoms with Gasteiger partial charge in [-0.2, -0.15) is 4.98 Å². The van der Waals surface area contributed by atoms with E-state index in [9.17, 15) is 4.39 Å². The van der Waals surface area contributed by atoms with Crippen molar-refractivity contribution >= 4 is 40.0 Å². The van der Waals surface area contributed by atoms with Gasteiger partial charge in [-0.25, -0.2) is 9.37 Å². The van der Waals surface area contributed by atoms with Crippen molar-refractivity contribution in [1.29, 1.82) is 0 Å². The number of rotatable bonds is 5. The topological polar surface area (TPSA) is 44.3 Å². The van der Waals surface area contributed by atoms with Gasteiger partial charge in [0.05, 0.1) is 5.52 Å². The standard InChI is InChI=1S/C25H23ClFN5/c26-19-4-3-5-21(16-19)31-12-14-32(15-13-31)25-29-23-7-2-1-6-22(23)24(30-25)28-17-18-8-10-20(27)11-9-18/h1-11,16H,12-15,17H2,(H,28,29,30). The molecule has 0 aliphatic carbocycles. The van der Waals surface area contributed by atoms with Gasteiger partial charge in [-0.1, -0.05) is 41.9 Å². The zero-order valence-corrected chi connectivity index (χ0v) is 18.3. The number of halogens is 2. The molecule has 7 heteroatoms. The van der Waals surface area contributed by atoms with E-state index in [-0.39, 0.29) is 5.82 Å². The Bertz CT molecular complexity index is 1220. The largest absolute Gasteiger partial charge is 0.368 e. The first kappa shape index (κ1) is 20.5. The van der Waals surface area contributed by atoms with Crippen LogP contribution in [0.5, 0.6) is 0 Å². The van der Waals surface area contributed by atoms with Crippen LogP contribution in [0.1, 0.15) is 5.56 Å². The first-order valence-corrected chi connectivity index (χ1v) is 11.0. The van der Waals surface area contributed by atoms with Crippen molar-refractivity contribution in [3.05, 3.63) is 89.2 Å². The molecule has 162 valence electrons. The highest BCUT2D eigenvalue weighted by Gasteiger charge is 2.21. The summed E-state index contributed by atoms with van der Waals surface area (Å²) in [4.78, 5) is 14.2. The normalized spacial score (nSPS) is 14.1. The van der Waals surface area contributed by atoms with Gasteiger partial charge in [0.2, 0.25) is 5.95 Å². The van der Waals surface area contributed by atoms with E-state index in [0.29, 0.717) is 6.54 Å². The van der Waals surface area contributed by atoms with Crippen molar-refractivity contribution < 1.29 is 4.39 Å². The maximum absolute atomic E-state index is 13.2. The van der Waals surface area contributed by atoms with Gasteiger partial charge >= 0.3 is 0 Å². The second-order valence-corrected chi connectivity index (χ2v) is 8.26. The highest BCUT2D eigenvalue weighted by Crippen LogP contribution is 2.26. The predicted octanol–water partition coefficient (Wildman–Crippen LogP) is 5.36.